The van der Waals surface area contributed by atoms with Gasteiger partial charge in [0.15, 0.2) is 11.5 Å². The van der Waals surface area contributed by atoms with E-state index in [2.05, 4.69) is 5.32 Å². The summed E-state index contributed by atoms with van der Waals surface area (Å²) in [6.07, 6.45) is 3.29. The second-order valence-corrected chi connectivity index (χ2v) is 7.89. The highest BCUT2D eigenvalue weighted by Gasteiger charge is 2.36. The summed E-state index contributed by atoms with van der Waals surface area (Å²) >= 11 is 6.74. The van der Waals surface area contributed by atoms with Crippen LogP contribution < -0.4 is 10.1 Å². The Hall–Kier alpha value is -2.23. The van der Waals surface area contributed by atoms with Crippen LogP contribution in [0.2, 0.25) is 5.02 Å². The van der Waals surface area contributed by atoms with Crippen molar-refractivity contribution in [2.45, 2.75) is 25.9 Å². The highest BCUT2D eigenvalue weighted by molar-refractivity contribution is 8.18. The van der Waals surface area contributed by atoms with Gasteiger partial charge in [0.05, 0.1) is 22.6 Å². The number of halogens is 1. The first kappa shape index (κ1) is 21.5. The van der Waals surface area contributed by atoms with E-state index in [1.807, 2.05) is 0 Å². The van der Waals surface area contributed by atoms with Crippen LogP contribution in [0.5, 0.6) is 11.5 Å². The summed E-state index contributed by atoms with van der Waals surface area (Å²) in [6, 6.07) is 2.98. The number of amides is 3. The molecule has 29 heavy (non-hydrogen) atoms. The molecule has 0 bridgehead atoms. The lowest BCUT2D eigenvalue weighted by Gasteiger charge is -2.14. The molecule has 3 rings (SSSR count). The number of thioether (sulfide) groups is 1. The molecule has 0 aliphatic carbocycles. The van der Waals surface area contributed by atoms with E-state index in [-0.39, 0.29) is 34.1 Å². The van der Waals surface area contributed by atoms with E-state index in [1.165, 1.54) is 18.2 Å². The molecule has 1 aromatic rings. The molecule has 156 valence electrons. The molecule has 3 amide bonds. The number of nitrogens with one attached hydrogen (secondary N) is 1. The molecule has 2 aliphatic rings. The lowest BCUT2D eigenvalue weighted by molar-refractivity contribution is -0.129. The molecule has 2 aliphatic heterocycles. The van der Waals surface area contributed by atoms with Gasteiger partial charge in [-0.3, -0.25) is 19.3 Å². The van der Waals surface area contributed by atoms with E-state index in [0.717, 1.165) is 29.5 Å². The molecule has 0 saturated carbocycles. The molecule has 10 heteroatoms. The van der Waals surface area contributed by atoms with Crippen LogP contribution in [0.15, 0.2) is 17.0 Å². The molecule has 2 fully saturated rings. The van der Waals surface area contributed by atoms with Crippen molar-refractivity contribution in [3.8, 4) is 11.5 Å². The van der Waals surface area contributed by atoms with Crippen molar-refractivity contribution in [1.29, 1.82) is 0 Å². The molecule has 8 nitrogen and oxygen atoms in total. The Balaban J connectivity index is 1.67. The summed E-state index contributed by atoms with van der Waals surface area (Å²) in [6.45, 7) is 2.77. The number of carbonyl (C=O) groups is 3. The Morgan fingerprint density at radius 1 is 1.48 bits per heavy atom. The number of aromatic hydroxyl groups is 1. The number of imide groups is 1. The summed E-state index contributed by atoms with van der Waals surface area (Å²) in [7, 11) is 0. The van der Waals surface area contributed by atoms with Gasteiger partial charge < -0.3 is 19.9 Å². The normalized spacial score (nSPS) is 20.6. The average Bonchev–Trinajstić information content (AvgIpc) is 3.28. The monoisotopic (exact) mass is 440 g/mol. The lowest BCUT2D eigenvalue weighted by Crippen LogP contribution is -2.41. The fourth-order valence-corrected chi connectivity index (χ4v) is 4.02. The zero-order valence-corrected chi connectivity index (χ0v) is 17.3. The number of carbonyl (C=O) groups excluding carboxylic acids is 3. The number of phenolic OH excluding ortho intramolecular Hbond substituents is 1. The minimum Gasteiger partial charge on any atom is -0.503 e. The van der Waals surface area contributed by atoms with Crippen LogP contribution in [0.3, 0.4) is 0 Å². The first-order valence-corrected chi connectivity index (χ1v) is 10.4. The molecule has 0 spiro atoms. The predicted octanol–water partition coefficient (Wildman–Crippen LogP) is 2.78. The van der Waals surface area contributed by atoms with Gasteiger partial charge in [-0.2, -0.15) is 0 Å². The van der Waals surface area contributed by atoms with Crippen LogP contribution in [-0.2, 0) is 14.3 Å². The first-order valence-electron chi connectivity index (χ1n) is 9.18. The molecule has 0 radical (unpaired) electrons. The van der Waals surface area contributed by atoms with Gasteiger partial charge in [0.2, 0.25) is 5.91 Å². The van der Waals surface area contributed by atoms with E-state index in [1.54, 1.807) is 6.92 Å². The Kier molecular flexibility index (Phi) is 7.05. The maximum absolute atomic E-state index is 12.6. The quantitative estimate of drug-likeness (QED) is 0.628. The lowest BCUT2D eigenvalue weighted by atomic mass is 10.2. The van der Waals surface area contributed by atoms with Gasteiger partial charge in [0.1, 0.15) is 6.54 Å². The number of ether oxygens (including phenoxy) is 2. The third-order valence-corrected chi connectivity index (χ3v) is 5.57. The zero-order chi connectivity index (χ0) is 21.0. The van der Waals surface area contributed by atoms with E-state index in [0.29, 0.717) is 25.3 Å². The van der Waals surface area contributed by atoms with Crippen molar-refractivity contribution >= 4 is 46.5 Å². The van der Waals surface area contributed by atoms with Crippen LogP contribution >= 0.6 is 23.4 Å². The van der Waals surface area contributed by atoms with Crippen molar-refractivity contribution < 1.29 is 29.0 Å². The minimum absolute atomic E-state index is 0.0208. The van der Waals surface area contributed by atoms with Crippen LogP contribution in [0.25, 0.3) is 6.08 Å². The van der Waals surface area contributed by atoms with Crippen LogP contribution in [0.4, 0.5) is 4.79 Å². The fourth-order valence-electron chi connectivity index (χ4n) is 2.96. The molecule has 2 N–H and O–H groups in total. The van der Waals surface area contributed by atoms with E-state index in [9.17, 15) is 19.5 Å². The molecule has 2 saturated heterocycles. The van der Waals surface area contributed by atoms with Gasteiger partial charge in [0, 0.05) is 13.2 Å². The number of hydrogen-bond donors (Lipinski definition) is 2. The van der Waals surface area contributed by atoms with Crippen LogP contribution in [-0.4, -0.2) is 59.5 Å². The summed E-state index contributed by atoms with van der Waals surface area (Å²) in [5, 5.41) is 12.1. The van der Waals surface area contributed by atoms with Crippen molar-refractivity contribution in [3.63, 3.8) is 0 Å². The molecule has 1 aromatic carbocycles. The van der Waals surface area contributed by atoms with Crippen molar-refractivity contribution in [2.75, 3.05) is 26.3 Å². The van der Waals surface area contributed by atoms with Gasteiger partial charge >= 0.3 is 0 Å². The number of hydrogen-bond acceptors (Lipinski definition) is 7. The standard InChI is InChI=1S/C19H21ClN2O6S/c1-2-27-14-7-11(6-13(20)17(14)24)8-15-18(25)22(19(26)29-15)10-16(23)21-9-12-4-3-5-28-12/h6-8,12,24H,2-5,9-10H2,1H3,(H,21,23)/b15-8-/t12-/m0/s1. The van der Waals surface area contributed by atoms with Crippen LogP contribution in [0.1, 0.15) is 25.3 Å². The molecule has 0 aromatic heterocycles. The van der Waals surface area contributed by atoms with Crippen molar-refractivity contribution in [2.24, 2.45) is 0 Å². The van der Waals surface area contributed by atoms with Gasteiger partial charge in [0.25, 0.3) is 11.1 Å². The van der Waals surface area contributed by atoms with Gasteiger partial charge in [-0.05, 0) is 55.3 Å². The van der Waals surface area contributed by atoms with Gasteiger partial charge in [-0.25, -0.2) is 0 Å². The second kappa shape index (κ2) is 9.51. The third-order valence-electron chi connectivity index (χ3n) is 4.37. The van der Waals surface area contributed by atoms with Crippen LogP contribution in [0, 0.1) is 0 Å². The van der Waals surface area contributed by atoms with Gasteiger partial charge in [-0.1, -0.05) is 11.6 Å². The van der Waals surface area contributed by atoms with E-state index < -0.39 is 17.1 Å². The molecule has 1 atom stereocenters. The maximum atomic E-state index is 12.6. The first-order chi connectivity index (χ1) is 13.9. The smallest absolute Gasteiger partial charge is 0.294 e. The number of nitrogens with zero attached hydrogens (tertiary/aromatic N) is 1. The minimum atomic E-state index is -0.561. The molecular formula is C19H21ClN2O6S. The zero-order valence-electron chi connectivity index (χ0n) is 15.8. The SMILES string of the molecule is CCOc1cc(/C=C2\SC(=O)N(CC(=O)NC[C@@H]3CCCO3)C2=O)cc(Cl)c1O. The predicted molar refractivity (Wildman–Crippen MR) is 109 cm³/mol. The van der Waals surface area contributed by atoms with Crippen molar-refractivity contribution in [1.82, 2.24) is 10.2 Å². The summed E-state index contributed by atoms with van der Waals surface area (Å²) in [4.78, 5) is 37.9. The Morgan fingerprint density at radius 3 is 2.97 bits per heavy atom. The number of benzene rings is 1. The largest absolute Gasteiger partial charge is 0.503 e. The Labute approximate surface area is 177 Å². The summed E-state index contributed by atoms with van der Waals surface area (Å²) in [5.41, 5.74) is 0.490. The highest BCUT2D eigenvalue weighted by atomic mass is 35.5. The number of phenols is 1. The summed E-state index contributed by atoms with van der Waals surface area (Å²) in [5.74, 6) is -0.995. The van der Waals surface area contributed by atoms with Gasteiger partial charge in [-0.15, -0.1) is 0 Å². The Morgan fingerprint density at radius 2 is 2.28 bits per heavy atom. The average molecular weight is 441 g/mol. The summed E-state index contributed by atoms with van der Waals surface area (Å²) < 4.78 is 10.7. The van der Waals surface area contributed by atoms with E-state index >= 15 is 0 Å². The Bertz CT molecular complexity index is 853. The molecule has 2 heterocycles. The molecule has 0 unspecified atom stereocenters. The second-order valence-electron chi connectivity index (χ2n) is 6.49. The highest BCUT2D eigenvalue weighted by Crippen LogP contribution is 2.38. The van der Waals surface area contributed by atoms with Crippen molar-refractivity contribution in [3.05, 3.63) is 27.6 Å². The topological polar surface area (TPSA) is 105 Å². The fraction of sp³-hybridized carbons (Fsp3) is 0.421. The number of rotatable bonds is 7. The van der Waals surface area contributed by atoms with E-state index in [4.69, 9.17) is 21.1 Å². The third kappa shape index (κ3) is 5.23. The maximum Gasteiger partial charge on any atom is 0.294 e. The molecular weight excluding hydrogens is 420 g/mol.